The number of hydrogen-bond donors (Lipinski definition) is 2. The highest BCUT2D eigenvalue weighted by molar-refractivity contribution is 7.89. The van der Waals surface area contributed by atoms with Gasteiger partial charge in [-0.2, -0.15) is 0 Å². The van der Waals surface area contributed by atoms with Crippen LogP contribution in [0.4, 0.5) is 0 Å². The van der Waals surface area contributed by atoms with Gasteiger partial charge in [-0.3, -0.25) is 4.98 Å². The van der Waals surface area contributed by atoms with Crippen molar-refractivity contribution in [1.82, 2.24) is 9.71 Å². The van der Waals surface area contributed by atoms with Gasteiger partial charge in [0, 0.05) is 18.9 Å². The predicted molar refractivity (Wildman–Crippen MR) is 60.3 cm³/mol. The molecule has 15 heavy (non-hydrogen) atoms. The minimum absolute atomic E-state index is 0. The Balaban J connectivity index is 0.00000196. The molecule has 0 saturated carbocycles. The number of aromatic nitrogens is 1. The standard InChI is InChI=1S/C8H13N3O2S.ClH/c9-4-2-6-11-14(12,13)8-3-1-5-10-7-8;/h1,3,5,7,11H,2,4,6,9H2;1H. The maximum atomic E-state index is 11.5. The molecule has 0 unspecified atom stereocenters. The third kappa shape index (κ3) is 4.57. The van der Waals surface area contributed by atoms with Crippen molar-refractivity contribution in [1.29, 1.82) is 0 Å². The zero-order chi connectivity index (χ0) is 10.4. The van der Waals surface area contributed by atoms with Gasteiger partial charge < -0.3 is 5.73 Å². The summed E-state index contributed by atoms with van der Waals surface area (Å²) in [6.45, 7) is 0.823. The quantitative estimate of drug-likeness (QED) is 0.729. The van der Waals surface area contributed by atoms with Gasteiger partial charge in [0.2, 0.25) is 10.0 Å². The van der Waals surface area contributed by atoms with E-state index in [4.69, 9.17) is 5.73 Å². The number of halogens is 1. The molecule has 7 heteroatoms. The van der Waals surface area contributed by atoms with E-state index in [1.54, 1.807) is 6.07 Å². The Morgan fingerprint density at radius 1 is 1.47 bits per heavy atom. The smallest absolute Gasteiger partial charge is 0.242 e. The number of pyridine rings is 1. The fraction of sp³-hybridized carbons (Fsp3) is 0.375. The molecule has 1 aromatic rings. The molecule has 0 aromatic carbocycles. The van der Waals surface area contributed by atoms with Gasteiger partial charge in [0.1, 0.15) is 4.90 Å². The Morgan fingerprint density at radius 2 is 2.20 bits per heavy atom. The second-order valence-corrected chi connectivity index (χ2v) is 4.50. The summed E-state index contributed by atoms with van der Waals surface area (Å²) in [5, 5.41) is 0. The van der Waals surface area contributed by atoms with Gasteiger partial charge in [-0.05, 0) is 25.1 Å². The van der Waals surface area contributed by atoms with E-state index in [1.807, 2.05) is 0 Å². The van der Waals surface area contributed by atoms with Crippen LogP contribution in [0.3, 0.4) is 0 Å². The average molecular weight is 252 g/mol. The molecule has 0 bridgehead atoms. The first-order valence-corrected chi connectivity index (χ1v) is 5.75. The van der Waals surface area contributed by atoms with Crippen LogP contribution >= 0.6 is 12.4 Å². The summed E-state index contributed by atoms with van der Waals surface area (Å²) in [5.74, 6) is 0. The number of hydrogen-bond acceptors (Lipinski definition) is 4. The van der Waals surface area contributed by atoms with Gasteiger partial charge >= 0.3 is 0 Å². The summed E-state index contributed by atoms with van der Waals surface area (Å²) in [6, 6.07) is 3.08. The van der Waals surface area contributed by atoms with E-state index in [2.05, 4.69) is 9.71 Å². The topological polar surface area (TPSA) is 85.1 Å². The lowest BCUT2D eigenvalue weighted by Gasteiger charge is -2.04. The Morgan fingerprint density at radius 3 is 2.73 bits per heavy atom. The molecule has 1 heterocycles. The van der Waals surface area contributed by atoms with Crippen molar-refractivity contribution < 1.29 is 8.42 Å². The Labute approximate surface area is 95.5 Å². The first-order chi connectivity index (χ1) is 6.67. The van der Waals surface area contributed by atoms with E-state index in [1.165, 1.54) is 18.5 Å². The normalized spacial score (nSPS) is 10.7. The molecule has 86 valence electrons. The zero-order valence-corrected chi connectivity index (χ0v) is 9.72. The van der Waals surface area contributed by atoms with Crippen LogP contribution in [-0.4, -0.2) is 26.5 Å². The molecular weight excluding hydrogens is 238 g/mol. The van der Waals surface area contributed by atoms with E-state index in [9.17, 15) is 8.42 Å². The minimum Gasteiger partial charge on any atom is -0.330 e. The molecule has 3 N–H and O–H groups in total. The largest absolute Gasteiger partial charge is 0.330 e. The number of rotatable bonds is 5. The Bertz CT molecular complexity index is 369. The van der Waals surface area contributed by atoms with E-state index in [-0.39, 0.29) is 17.3 Å². The SMILES string of the molecule is Cl.NCCCNS(=O)(=O)c1cccnc1. The molecule has 0 aliphatic carbocycles. The lowest BCUT2D eigenvalue weighted by molar-refractivity contribution is 0.579. The predicted octanol–water partition coefficient (Wildman–Crippen LogP) is 0.130. The fourth-order valence-electron chi connectivity index (χ4n) is 0.898. The van der Waals surface area contributed by atoms with E-state index >= 15 is 0 Å². The highest BCUT2D eigenvalue weighted by Crippen LogP contribution is 2.04. The highest BCUT2D eigenvalue weighted by Gasteiger charge is 2.11. The maximum absolute atomic E-state index is 11.5. The average Bonchev–Trinajstić information content (AvgIpc) is 2.19. The Kier molecular flexibility index (Phi) is 6.42. The van der Waals surface area contributed by atoms with Crippen LogP contribution in [0.25, 0.3) is 0 Å². The monoisotopic (exact) mass is 251 g/mol. The number of nitrogens with zero attached hydrogens (tertiary/aromatic N) is 1. The van der Waals surface area contributed by atoms with E-state index in [0.717, 1.165) is 0 Å². The first-order valence-electron chi connectivity index (χ1n) is 4.26. The molecule has 0 amide bonds. The summed E-state index contributed by atoms with van der Waals surface area (Å²) >= 11 is 0. The van der Waals surface area contributed by atoms with E-state index in [0.29, 0.717) is 19.5 Å². The third-order valence-corrected chi connectivity index (χ3v) is 3.06. The molecule has 0 saturated heterocycles. The van der Waals surface area contributed by atoms with Crippen LogP contribution in [0.5, 0.6) is 0 Å². The molecule has 0 aliphatic heterocycles. The molecular formula is C8H14ClN3O2S. The lowest BCUT2D eigenvalue weighted by atomic mass is 10.4. The van der Waals surface area contributed by atoms with Crippen LogP contribution in [0.1, 0.15) is 6.42 Å². The van der Waals surface area contributed by atoms with Crippen LogP contribution in [0.15, 0.2) is 29.4 Å². The van der Waals surface area contributed by atoms with Crippen LogP contribution in [-0.2, 0) is 10.0 Å². The van der Waals surface area contributed by atoms with Crippen molar-refractivity contribution in [2.24, 2.45) is 5.73 Å². The number of sulfonamides is 1. The molecule has 1 rings (SSSR count). The van der Waals surface area contributed by atoms with Crippen molar-refractivity contribution >= 4 is 22.4 Å². The number of nitrogens with two attached hydrogens (primary N) is 1. The summed E-state index contributed by atoms with van der Waals surface area (Å²) in [4.78, 5) is 3.91. The van der Waals surface area contributed by atoms with Gasteiger partial charge in [0.15, 0.2) is 0 Å². The maximum Gasteiger partial charge on any atom is 0.242 e. The van der Waals surface area contributed by atoms with Gasteiger partial charge in [-0.15, -0.1) is 12.4 Å². The van der Waals surface area contributed by atoms with Gasteiger partial charge in [0.25, 0.3) is 0 Å². The molecule has 0 atom stereocenters. The fourth-order valence-corrected chi connectivity index (χ4v) is 1.94. The zero-order valence-electron chi connectivity index (χ0n) is 8.09. The second kappa shape index (κ2) is 6.73. The molecule has 0 fully saturated rings. The summed E-state index contributed by atoms with van der Waals surface area (Å²) < 4.78 is 25.5. The lowest BCUT2D eigenvalue weighted by Crippen LogP contribution is -2.26. The highest BCUT2D eigenvalue weighted by atomic mass is 35.5. The van der Waals surface area contributed by atoms with E-state index < -0.39 is 10.0 Å². The first kappa shape index (κ1) is 14.3. The second-order valence-electron chi connectivity index (χ2n) is 2.73. The summed E-state index contributed by atoms with van der Waals surface area (Å²) in [6.07, 6.45) is 3.46. The molecule has 0 spiro atoms. The van der Waals surface area contributed by atoms with Crippen molar-refractivity contribution in [2.75, 3.05) is 13.1 Å². The van der Waals surface area contributed by atoms with Gasteiger partial charge in [-0.1, -0.05) is 0 Å². The van der Waals surface area contributed by atoms with Crippen LogP contribution in [0, 0.1) is 0 Å². The molecule has 0 aliphatic rings. The van der Waals surface area contributed by atoms with Gasteiger partial charge in [-0.25, -0.2) is 13.1 Å². The summed E-state index contributed by atoms with van der Waals surface area (Å²) in [5.41, 5.74) is 5.25. The molecule has 5 nitrogen and oxygen atoms in total. The third-order valence-electron chi connectivity index (χ3n) is 1.62. The van der Waals surface area contributed by atoms with Crippen molar-refractivity contribution in [3.8, 4) is 0 Å². The van der Waals surface area contributed by atoms with Crippen LogP contribution in [0.2, 0.25) is 0 Å². The molecule has 1 aromatic heterocycles. The number of nitrogens with one attached hydrogen (secondary N) is 1. The van der Waals surface area contributed by atoms with Gasteiger partial charge in [0.05, 0.1) is 0 Å². The Hall–Kier alpha value is -0.690. The van der Waals surface area contributed by atoms with Crippen LogP contribution < -0.4 is 10.5 Å². The minimum atomic E-state index is -3.40. The summed E-state index contributed by atoms with van der Waals surface area (Å²) in [7, 11) is -3.40. The van der Waals surface area contributed by atoms with Crippen molar-refractivity contribution in [3.05, 3.63) is 24.5 Å². The molecule has 0 radical (unpaired) electrons. The van der Waals surface area contributed by atoms with Crippen molar-refractivity contribution in [2.45, 2.75) is 11.3 Å². The van der Waals surface area contributed by atoms with Crippen molar-refractivity contribution in [3.63, 3.8) is 0 Å².